The topological polar surface area (TPSA) is 61.1 Å². The summed E-state index contributed by atoms with van der Waals surface area (Å²) in [6.07, 6.45) is 4.78. The summed E-state index contributed by atoms with van der Waals surface area (Å²) in [7, 11) is 0. The van der Waals surface area contributed by atoms with Crippen molar-refractivity contribution in [2.24, 2.45) is 20.9 Å². The zero-order valence-electron chi connectivity index (χ0n) is 13.8. The van der Waals surface area contributed by atoms with Crippen LogP contribution in [0.1, 0.15) is 25.3 Å². The third-order valence-electron chi connectivity index (χ3n) is 4.46. The Morgan fingerprint density at radius 2 is 2.04 bits per heavy atom. The minimum atomic E-state index is -0.106. The number of fused-ring (bicyclic) bond motifs is 1. The van der Waals surface area contributed by atoms with Gasteiger partial charge in [-0.05, 0) is 62.4 Å². The number of amidine groups is 1. The molecule has 1 aliphatic carbocycles. The molecule has 1 aromatic rings. The van der Waals surface area contributed by atoms with Gasteiger partial charge in [-0.3, -0.25) is 0 Å². The molecule has 3 aliphatic rings. The summed E-state index contributed by atoms with van der Waals surface area (Å²) in [5.41, 5.74) is 4.07. The molecule has 2 heterocycles. The van der Waals surface area contributed by atoms with Crippen molar-refractivity contribution in [3.05, 3.63) is 40.6 Å². The quantitative estimate of drug-likeness (QED) is 0.879. The molecule has 1 unspecified atom stereocenters. The Kier molecular flexibility index (Phi) is 3.88. The minimum Gasteiger partial charge on any atom is -0.383 e. The zero-order valence-corrected chi connectivity index (χ0v) is 14.6. The predicted molar refractivity (Wildman–Crippen MR) is 100 cm³/mol. The van der Waals surface area contributed by atoms with Gasteiger partial charge in [0.05, 0.1) is 11.4 Å². The van der Waals surface area contributed by atoms with Crippen molar-refractivity contribution in [1.82, 2.24) is 5.32 Å². The lowest BCUT2D eigenvalue weighted by molar-refractivity contribution is 0.728. The largest absolute Gasteiger partial charge is 0.383 e. The molecule has 2 aliphatic heterocycles. The Morgan fingerprint density at radius 1 is 1.21 bits per heavy atom. The molecule has 0 spiro atoms. The monoisotopic (exact) mass is 341 g/mol. The maximum absolute atomic E-state index is 6.00. The van der Waals surface area contributed by atoms with Crippen LogP contribution in [0, 0.1) is 12.8 Å². The van der Waals surface area contributed by atoms with E-state index in [-0.39, 0.29) is 6.04 Å². The van der Waals surface area contributed by atoms with Crippen molar-refractivity contribution in [2.75, 3.05) is 11.9 Å². The van der Waals surface area contributed by atoms with Crippen LogP contribution in [-0.2, 0) is 0 Å². The fraction of sp³-hybridized carbons (Fsp3) is 0.389. The van der Waals surface area contributed by atoms with Crippen LogP contribution in [0.15, 0.2) is 44.9 Å². The third kappa shape index (κ3) is 3.22. The molecule has 0 saturated heterocycles. The van der Waals surface area contributed by atoms with Crippen LogP contribution in [0.2, 0.25) is 5.02 Å². The van der Waals surface area contributed by atoms with Crippen molar-refractivity contribution < 1.29 is 0 Å². The van der Waals surface area contributed by atoms with Gasteiger partial charge in [0.1, 0.15) is 6.04 Å². The van der Waals surface area contributed by atoms with Gasteiger partial charge >= 0.3 is 0 Å². The molecule has 124 valence electrons. The molecular weight excluding hydrogens is 322 g/mol. The second-order valence-corrected chi connectivity index (χ2v) is 6.99. The first-order valence-electron chi connectivity index (χ1n) is 8.29. The lowest BCUT2D eigenvalue weighted by atomic mass is 10.1. The van der Waals surface area contributed by atoms with Crippen molar-refractivity contribution in [3.8, 4) is 0 Å². The van der Waals surface area contributed by atoms with E-state index in [0.717, 1.165) is 46.0 Å². The molecule has 0 bridgehead atoms. The van der Waals surface area contributed by atoms with Crippen LogP contribution in [-0.4, -0.2) is 30.1 Å². The van der Waals surface area contributed by atoms with Gasteiger partial charge in [0.2, 0.25) is 5.96 Å². The number of rotatable bonds is 4. The number of benzene rings is 1. The molecule has 1 atom stereocenters. The highest BCUT2D eigenvalue weighted by Gasteiger charge is 2.27. The number of allylic oxidation sites excluding steroid dienone is 1. The summed E-state index contributed by atoms with van der Waals surface area (Å²) >= 11 is 6.00. The standard InChI is InChI=1S/C18H20ClN5/c1-10-7-13(19)5-6-14(10)22-18-23-16-8-15(20-9-12-3-4-12)11(2)21-17(16)24-18/h5-8,12,16,20H,3-4,9H2,1-2H3,(H,22,23). The molecule has 0 aromatic heterocycles. The number of hydrogen-bond acceptors (Lipinski definition) is 5. The van der Waals surface area contributed by atoms with E-state index >= 15 is 0 Å². The van der Waals surface area contributed by atoms with E-state index in [0.29, 0.717) is 5.96 Å². The number of aryl methyl sites for hydroxylation is 1. The molecule has 0 radical (unpaired) electrons. The summed E-state index contributed by atoms with van der Waals surface area (Å²) in [6, 6.07) is 5.61. The van der Waals surface area contributed by atoms with Gasteiger partial charge in [0.15, 0.2) is 5.84 Å². The van der Waals surface area contributed by atoms with Crippen molar-refractivity contribution >= 4 is 34.8 Å². The Hall–Kier alpha value is -2.14. The van der Waals surface area contributed by atoms with Crippen LogP contribution >= 0.6 is 11.6 Å². The number of guanidine groups is 1. The molecule has 1 fully saturated rings. The molecule has 5 nitrogen and oxygen atoms in total. The summed E-state index contributed by atoms with van der Waals surface area (Å²) < 4.78 is 0. The molecule has 1 saturated carbocycles. The van der Waals surface area contributed by atoms with E-state index < -0.39 is 0 Å². The lowest BCUT2D eigenvalue weighted by Gasteiger charge is -2.16. The van der Waals surface area contributed by atoms with Crippen molar-refractivity contribution in [2.45, 2.75) is 32.7 Å². The van der Waals surface area contributed by atoms with E-state index in [1.54, 1.807) is 0 Å². The number of aliphatic imine (C=N–C) groups is 3. The van der Waals surface area contributed by atoms with Crippen LogP contribution in [0.4, 0.5) is 5.69 Å². The SMILES string of the molecule is CC1=NC2=NC(Nc3ccc(Cl)cc3C)=NC2C=C1NCC1CC1. The fourth-order valence-corrected chi connectivity index (χ4v) is 3.04. The van der Waals surface area contributed by atoms with Gasteiger partial charge < -0.3 is 10.6 Å². The van der Waals surface area contributed by atoms with E-state index in [9.17, 15) is 0 Å². The van der Waals surface area contributed by atoms with E-state index in [1.807, 2.05) is 32.0 Å². The number of dihydropyridines is 1. The average Bonchev–Trinajstić information content (AvgIpc) is 3.28. The zero-order chi connectivity index (χ0) is 16.7. The third-order valence-corrected chi connectivity index (χ3v) is 4.69. The van der Waals surface area contributed by atoms with Gasteiger partial charge in [-0.2, -0.15) is 4.99 Å². The second kappa shape index (κ2) is 6.06. The van der Waals surface area contributed by atoms with E-state index in [4.69, 9.17) is 11.6 Å². The Labute approximate surface area is 146 Å². The van der Waals surface area contributed by atoms with Crippen LogP contribution in [0.25, 0.3) is 0 Å². The summed E-state index contributed by atoms with van der Waals surface area (Å²) in [6.45, 7) is 5.04. The highest BCUT2D eigenvalue weighted by molar-refractivity contribution is 6.30. The van der Waals surface area contributed by atoms with Crippen LogP contribution < -0.4 is 10.6 Å². The number of nitrogens with zero attached hydrogens (tertiary/aromatic N) is 3. The van der Waals surface area contributed by atoms with Gasteiger partial charge in [-0.15, -0.1) is 0 Å². The Bertz CT molecular complexity index is 802. The van der Waals surface area contributed by atoms with Crippen LogP contribution in [0.5, 0.6) is 0 Å². The highest BCUT2D eigenvalue weighted by Crippen LogP contribution is 2.28. The molecule has 1 aromatic carbocycles. The Morgan fingerprint density at radius 3 is 2.79 bits per heavy atom. The lowest BCUT2D eigenvalue weighted by Crippen LogP contribution is -2.28. The molecule has 6 heteroatoms. The summed E-state index contributed by atoms with van der Waals surface area (Å²) in [5.74, 6) is 2.17. The number of nitrogens with one attached hydrogen (secondary N) is 2. The molecule has 0 amide bonds. The van der Waals surface area contributed by atoms with Crippen molar-refractivity contribution in [1.29, 1.82) is 0 Å². The Balaban J connectivity index is 1.50. The fourth-order valence-electron chi connectivity index (χ4n) is 2.82. The van der Waals surface area contributed by atoms with Crippen molar-refractivity contribution in [3.63, 3.8) is 0 Å². The highest BCUT2D eigenvalue weighted by atomic mass is 35.5. The summed E-state index contributed by atoms with van der Waals surface area (Å²) in [4.78, 5) is 13.8. The van der Waals surface area contributed by atoms with E-state index in [2.05, 4.69) is 31.7 Å². The average molecular weight is 342 g/mol. The molecule has 4 rings (SSSR count). The second-order valence-electron chi connectivity index (χ2n) is 6.55. The van der Waals surface area contributed by atoms with Gasteiger partial charge in [-0.25, -0.2) is 9.98 Å². The first-order valence-corrected chi connectivity index (χ1v) is 8.67. The first-order chi connectivity index (χ1) is 11.6. The number of anilines is 1. The van der Waals surface area contributed by atoms with Gasteiger partial charge in [-0.1, -0.05) is 11.6 Å². The van der Waals surface area contributed by atoms with Gasteiger partial charge in [0.25, 0.3) is 0 Å². The molecule has 2 N–H and O–H groups in total. The molecular formula is C18H20ClN5. The smallest absolute Gasteiger partial charge is 0.225 e. The normalized spacial score (nSPS) is 22.2. The maximum Gasteiger partial charge on any atom is 0.225 e. The predicted octanol–water partition coefficient (Wildman–Crippen LogP) is 3.56. The molecule has 24 heavy (non-hydrogen) atoms. The summed E-state index contributed by atoms with van der Waals surface area (Å²) in [5, 5.41) is 7.49. The first kappa shape index (κ1) is 15.4. The minimum absolute atomic E-state index is 0.106. The number of halogens is 1. The van der Waals surface area contributed by atoms with Gasteiger partial charge in [0, 0.05) is 17.3 Å². The number of hydrogen-bond donors (Lipinski definition) is 2. The maximum atomic E-state index is 6.00. The van der Waals surface area contributed by atoms with E-state index in [1.165, 1.54) is 12.8 Å². The van der Waals surface area contributed by atoms with Crippen LogP contribution in [0.3, 0.4) is 0 Å².